The van der Waals surface area contributed by atoms with Crippen LogP contribution < -0.4 is 10.1 Å². The normalized spacial score (nSPS) is 15.3. The van der Waals surface area contributed by atoms with Gasteiger partial charge < -0.3 is 19.7 Å². The van der Waals surface area contributed by atoms with Gasteiger partial charge in [-0.05, 0) is 0 Å². The topological polar surface area (TPSA) is 76.6 Å². The van der Waals surface area contributed by atoms with Crippen molar-refractivity contribution in [3.8, 4) is 5.75 Å². The summed E-state index contributed by atoms with van der Waals surface area (Å²) in [5.41, 5.74) is 0.285. The van der Waals surface area contributed by atoms with Crippen molar-refractivity contribution in [2.75, 3.05) is 45.8 Å². The van der Waals surface area contributed by atoms with E-state index in [1.165, 1.54) is 7.11 Å². The Bertz CT molecular complexity index is 432. The third-order valence-electron chi connectivity index (χ3n) is 2.73. The zero-order valence-corrected chi connectivity index (χ0v) is 10.5. The van der Waals surface area contributed by atoms with Gasteiger partial charge in [0.1, 0.15) is 0 Å². The van der Waals surface area contributed by atoms with Gasteiger partial charge in [-0.3, -0.25) is 4.79 Å². The Hall–Kier alpha value is -1.89. The smallest absolute Gasteiger partial charge is 0.274 e. The van der Waals surface area contributed by atoms with Crippen LogP contribution in [0.2, 0.25) is 0 Å². The van der Waals surface area contributed by atoms with E-state index < -0.39 is 0 Å². The van der Waals surface area contributed by atoms with Gasteiger partial charge in [-0.2, -0.15) is 0 Å². The van der Waals surface area contributed by atoms with Crippen LogP contribution in [0.25, 0.3) is 0 Å². The van der Waals surface area contributed by atoms with Crippen molar-refractivity contribution < 1.29 is 14.3 Å². The molecule has 7 nitrogen and oxygen atoms in total. The molecule has 1 saturated heterocycles. The highest BCUT2D eigenvalue weighted by Crippen LogP contribution is 2.21. The van der Waals surface area contributed by atoms with Crippen molar-refractivity contribution in [3.05, 3.63) is 11.8 Å². The van der Waals surface area contributed by atoms with E-state index in [0.29, 0.717) is 37.9 Å². The van der Waals surface area contributed by atoms with Gasteiger partial charge in [0.15, 0.2) is 17.3 Å². The second kappa shape index (κ2) is 5.63. The second-order valence-electron chi connectivity index (χ2n) is 3.80. The van der Waals surface area contributed by atoms with Crippen LogP contribution in [0.15, 0.2) is 6.07 Å². The molecular weight excluding hydrogens is 236 g/mol. The van der Waals surface area contributed by atoms with Crippen molar-refractivity contribution in [3.63, 3.8) is 0 Å². The van der Waals surface area contributed by atoms with Gasteiger partial charge in [-0.25, -0.2) is 0 Å². The fourth-order valence-corrected chi connectivity index (χ4v) is 1.74. The van der Waals surface area contributed by atoms with Gasteiger partial charge in [0, 0.05) is 26.2 Å². The Balaban J connectivity index is 2.19. The SMILES string of the molecule is CNc1nnc(C(=O)N2CCOCC2)cc1OC. The molecule has 0 radical (unpaired) electrons. The third kappa shape index (κ3) is 2.51. The average molecular weight is 252 g/mol. The van der Waals surface area contributed by atoms with Gasteiger partial charge >= 0.3 is 0 Å². The molecule has 1 aliphatic heterocycles. The largest absolute Gasteiger partial charge is 0.493 e. The molecule has 0 atom stereocenters. The first-order valence-electron chi connectivity index (χ1n) is 5.72. The Kier molecular flexibility index (Phi) is 3.93. The Morgan fingerprint density at radius 2 is 2.17 bits per heavy atom. The molecule has 0 unspecified atom stereocenters. The van der Waals surface area contributed by atoms with Gasteiger partial charge in [0.2, 0.25) is 0 Å². The predicted octanol–water partition coefficient (Wildman–Crippen LogP) is -0.000700. The Morgan fingerprint density at radius 1 is 1.44 bits per heavy atom. The number of hydrogen-bond donors (Lipinski definition) is 1. The summed E-state index contributed by atoms with van der Waals surface area (Å²) in [5.74, 6) is 0.867. The molecule has 2 heterocycles. The number of nitrogens with zero attached hydrogens (tertiary/aromatic N) is 3. The molecule has 1 aliphatic rings. The zero-order chi connectivity index (χ0) is 13.0. The molecular formula is C11H16N4O3. The van der Waals surface area contributed by atoms with E-state index >= 15 is 0 Å². The summed E-state index contributed by atoms with van der Waals surface area (Å²) < 4.78 is 10.4. The van der Waals surface area contributed by atoms with Crippen molar-refractivity contribution >= 4 is 11.7 Å². The molecule has 0 saturated carbocycles. The number of methoxy groups -OCH3 is 1. The first-order valence-corrected chi connectivity index (χ1v) is 5.72. The molecule has 18 heavy (non-hydrogen) atoms. The van der Waals surface area contributed by atoms with E-state index in [4.69, 9.17) is 9.47 Å². The van der Waals surface area contributed by atoms with Gasteiger partial charge in [0.25, 0.3) is 5.91 Å². The number of morpholine rings is 1. The van der Waals surface area contributed by atoms with Crippen molar-refractivity contribution in [2.45, 2.75) is 0 Å². The molecule has 1 fully saturated rings. The predicted molar refractivity (Wildman–Crippen MR) is 64.9 cm³/mol. The van der Waals surface area contributed by atoms with E-state index in [1.807, 2.05) is 0 Å². The number of nitrogens with one attached hydrogen (secondary N) is 1. The monoisotopic (exact) mass is 252 g/mol. The summed E-state index contributed by atoms with van der Waals surface area (Å²) >= 11 is 0. The fraction of sp³-hybridized carbons (Fsp3) is 0.545. The highest BCUT2D eigenvalue weighted by Gasteiger charge is 2.21. The van der Waals surface area contributed by atoms with Gasteiger partial charge in [0.05, 0.1) is 20.3 Å². The van der Waals surface area contributed by atoms with Crippen LogP contribution in [0.3, 0.4) is 0 Å². The molecule has 0 aromatic carbocycles. The summed E-state index contributed by atoms with van der Waals surface area (Å²) in [7, 11) is 3.25. The van der Waals surface area contributed by atoms with Crippen LogP contribution in [0.5, 0.6) is 5.75 Å². The standard InChI is InChI=1S/C11H16N4O3/c1-12-10-9(17-2)7-8(13-14-10)11(16)15-3-5-18-6-4-15/h7H,3-6H2,1-2H3,(H,12,14). The summed E-state index contributed by atoms with van der Waals surface area (Å²) in [6.07, 6.45) is 0. The van der Waals surface area contributed by atoms with E-state index in [1.54, 1.807) is 18.0 Å². The third-order valence-corrected chi connectivity index (χ3v) is 2.73. The summed E-state index contributed by atoms with van der Waals surface area (Å²) in [6.45, 7) is 2.28. The van der Waals surface area contributed by atoms with Crippen molar-refractivity contribution in [2.24, 2.45) is 0 Å². The molecule has 98 valence electrons. The molecule has 1 aromatic rings. The maximum Gasteiger partial charge on any atom is 0.274 e. The second-order valence-corrected chi connectivity index (χ2v) is 3.80. The number of carbonyl (C=O) groups is 1. The average Bonchev–Trinajstić information content (AvgIpc) is 2.46. The summed E-state index contributed by atoms with van der Waals surface area (Å²) in [4.78, 5) is 13.9. The lowest BCUT2D eigenvalue weighted by Crippen LogP contribution is -2.41. The van der Waals surface area contributed by atoms with Gasteiger partial charge in [-0.15, -0.1) is 10.2 Å². The van der Waals surface area contributed by atoms with Crippen LogP contribution in [-0.2, 0) is 4.74 Å². The quantitative estimate of drug-likeness (QED) is 0.816. The minimum absolute atomic E-state index is 0.147. The van der Waals surface area contributed by atoms with Crippen molar-refractivity contribution in [1.29, 1.82) is 0 Å². The number of amides is 1. The number of carbonyl (C=O) groups excluding carboxylic acids is 1. The number of aromatic nitrogens is 2. The van der Waals surface area contributed by atoms with Crippen LogP contribution in [0, 0.1) is 0 Å². The highest BCUT2D eigenvalue weighted by molar-refractivity contribution is 5.92. The van der Waals surface area contributed by atoms with Crippen LogP contribution in [0.4, 0.5) is 5.82 Å². The highest BCUT2D eigenvalue weighted by atomic mass is 16.5. The van der Waals surface area contributed by atoms with E-state index in [0.717, 1.165) is 0 Å². The first kappa shape index (κ1) is 12.6. The lowest BCUT2D eigenvalue weighted by atomic mass is 10.3. The molecule has 1 N–H and O–H groups in total. The van der Waals surface area contributed by atoms with Crippen LogP contribution in [0.1, 0.15) is 10.5 Å². The fourth-order valence-electron chi connectivity index (χ4n) is 1.74. The number of anilines is 1. The lowest BCUT2D eigenvalue weighted by Gasteiger charge is -2.26. The van der Waals surface area contributed by atoms with Crippen molar-refractivity contribution in [1.82, 2.24) is 15.1 Å². The number of rotatable bonds is 3. The van der Waals surface area contributed by atoms with E-state index in [9.17, 15) is 4.79 Å². The minimum atomic E-state index is -0.147. The van der Waals surface area contributed by atoms with E-state index in [2.05, 4.69) is 15.5 Å². The number of hydrogen-bond acceptors (Lipinski definition) is 6. The van der Waals surface area contributed by atoms with Crippen LogP contribution in [-0.4, -0.2) is 61.5 Å². The zero-order valence-electron chi connectivity index (χ0n) is 10.5. The van der Waals surface area contributed by atoms with E-state index in [-0.39, 0.29) is 11.6 Å². The maximum atomic E-state index is 12.2. The molecule has 2 rings (SSSR count). The maximum absolute atomic E-state index is 12.2. The molecule has 1 amide bonds. The molecule has 0 spiro atoms. The Morgan fingerprint density at radius 3 is 2.78 bits per heavy atom. The molecule has 7 heteroatoms. The molecule has 0 bridgehead atoms. The van der Waals surface area contributed by atoms with Gasteiger partial charge in [-0.1, -0.05) is 0 Å². The lowest BCUT2D eigenvalue weighted by molar-refractivity contribution is 0.0298. The minimum Gasteiger partial charge on any atom is -0.493 e. The summed E-state index contributed by atoms with van der Waals surface area (Å²) in [5, 5.41) is 10.7. The first-order chi connectivity index (χ1) is 8.76. The Labute approximate surface area is 105 Å². The number of ether oxygens (including phenoxy) is 2. The summed E-state index contributed by atoms with van der Waals surface area (Å²) in [6, 6.07) is 1.59. The molecule has 0 aliphatic carbocycles. The van der Waals surface area contributed by atoms with Crippen LogP contribution >= 0.6 is 0 Å². The molecule has 1 aromatic heterocycles.